The van der Waals surface area contributed by atoms with Gasteiger partial charge in [0.05, 0.1) is 23.9 Å². The molecule has 2 amide bonds. The van der Waals surface area contributed by atoms with Gasteiger partial charge < -0.3 is 37.3 Å². The molecule has 17 heteroatoms. The molecule has 1 saturated heterocycles. The average Bonchev–Trinajstić information content (AvgIpc) is 3.27. The van der Waals surface area contributed by atoms with Gasteiger partial charge in [-0.15, -0.1) is 28.1 Å². The Balaban J connectivity index is 1.36. The van der Waals surface area contributed by atoms with E-state index in [-0.39, 0.29) is 24.0 Å². The molecule has 37 heavy (non-hydrogen) atoms. The Morgan fingerprint density at radius 2 is 2.19 bits per heavy atom. The van der Waals surface area contributed by atoms with Crippen LogP contribution in [0.5, 0.6) is 0 Å². The first kappa shape index (κ1) is 26.5. The van der Waals surface area contributed by atoms with E-state index >= 15 is 0 Å². The van der Waals surface area contributed by atoms with Gasteiger partial charge in [-0.1, -0.05) is 16.9 Å². The van der Waals surface area contributed by atoms with Gasteiger partial charge in [0.1, 0.15) is 17.6 Å². The minimum atomic E-state index is -1.47. The molecule has 2 unspecified atom stereocenters. The van der Waals surface area contributed by atoms with Crippen molar-refractivity contribution < 1.29 is 28.9 Å². The molecule has 14 nitrogen and oxygen atoms in total. The first-order valence-corrected chi connectivity index (χ1v) is 13.7. The maximum absolute atomic E-state index is 12.8. The summed E-state index contributed by atoms with van der Waals surface area (Å²) >= 11 is 3.83. The van der Waals surface area contributed by atoms with Crippen molar-refractivity contribution in [3.05, 3.63) is 28.4 Å². The maximum atomic E-state index is 12.8. The van der Waals surface area contributed by atoms with Crippen LogP contribution in [0.2, 0.25) is 0 Å². The number of rotatable bonds is 10. The molecule has 4 heterocycles. The number of nitrogens with two attached hydrogens (primary N) is 3. The number of thiazole rings is 1. The smallest absolute Gasteiger partial charge is 0.346 e. The Labute approximate surface area is 223 Å². The van der Waals surface area contributed by atoms with Gasteiger partial charge in [0.15, 0.2) is 22.6 Å². The van der Waals surface area contributed by atoms with E-state index in [1.807, 2.05) is 6.92 Å². The highest BCUT2D eigenvalue weighted by molar-refractivity contribution is 8.01. The molecule has 4 rings (SSSR count). The summed E-state index contributed by atoms with van der Waals surface area (Å²) in [5.74, 6) is -1.46. The van der Waals surface area contributed by atoms with Crippen molar-refractivity contribution in [2.45, 2.75) is 36.5 Å². The molecule has 7 N–H and O–H groups in total. The molecule has 0 aromatic carbocycles. The van der Waals surface area contributed by atoms with Gasteiger partial charge in [-0.3, -0.25) is 14.5 Å². The maximum Gasteiger partial charge on any atom is 0.346 e. The summed E-state index contributed by atoms with van der Waals surface area (Å²) in [5.41, 5.74) is 18.3. The Morgan fingerprint density at radius 1 is 1.41 bits per heavy atom. The third-order valence-electron chi connectivity index (χ3n) is 5.36. The van der Waals surface area contributed by atoms with Crippen molar-refractivity contribution in [3.63, 3.8) is 0 Å². The molecule has 0 bridgehead atoms. The number of nitrogen functional groups attached to an aromatic ring is 3. The lowest BCUT2D eigenvalue weighted by Crippen LogP contribution is -2.71. The lowest BCUT2D eigenvalue weighted by atomic mass is 10.0. The summed E-state index contributed by atoms with van der Waals surface area (Å²) < 4.78 is 1.64. The van der Waals surface area contributed by atoms with Gasteiger partial charge in [-0.2, -0.15) is 0 Å². The molecule has 2 aliphatic rings. The van der Waals surface area contributed by atoms with Crippen LogP contribution in [0.15, 0.2) is 32.9 Å². The summed E-state index contributed by atoms with van der Waals surface area (Å²) in [7, 11) is 0. The molecule has 2 atom stereocenters. The number of thioether (sulfide) groups is 2. The highest BCUT2D eigenvalue weighted by Gasteiger charge is 2.52. The van der Waals surface area contributed by atoms with E-state index in [4.69, 9.17) is 22.0 Å². The van der Waals surface area contributed by atoms with Crippen LogP contribution in [-0.4, -0.2) is 61.8 Å². The second kappa shape index (κ2) is 11.2. The number of aromatic nitrogens is 3. The Morgan fingerprint density at radius 3 is 2.84 bits per heavy atom. The molecule has 0 aliphatic carbocycles. The number of carboxylic acids is 1. The number of aliphatic carboxylic acids is 1. The average molecular weight is 566 g/mol. The van der Waals surface area contributed by atoms with E-state index in [0.717, 1.165) is 11.1 Å². The first-order valence-electron chi connectivity index (χ1n) is 10.8. The van der Waals surface area contributed by atoms with Crippen molar-refractivity contribution in [2.75, 3.05) is 28.7 Å². The lowest BCUT2D eigenvalue weighted by Gasteiger charge is -2.50. The van der Waals surface area contributed by atoms with Crippen LogP contribution in [0.3, 0.4) is 0 Å². The van der Waals surface area contributed by atoms with Crippen LogP contribution in [0.25, 0.3) is 0 Å². The molecule has 196 valence electrons. The number of fused-ring (bicyclic) bond motifs is 1. The van der Waals surface area contributed by atoms with Gasteiger partial charge in [0, 0.05) is 23.0 Å². The van der Waals surface area contributed by atoms with Crippen molar-refractivity contribution in [3.8, 4) is 0 Å². The van der Waals surface area contributed by atoms with Gasteiger partial charge in [-0.05, 0) is 12.5 Å². The fourth-order valence-corrected chi connectivity index (χ4v) is 6.62. The summed E-state index contributed by atoms with van der Waals surface area (Å²) in [5, 5.41) is 20.1. The molecule has 2 aromatic heterocycles. The number of amides is 2. The van der Waals surface area contributed by atoms with Crippen LogP contribution in [-0.2, 0) is 32.4 Å². The third kappa shape index (κ3) is 5.72. The number of carbonyl (C=O) groups excluding carboxylic acids is 3. The summed E-state index contributed by atoms with van der Waals surface area (Å²) in [6.45, 7) is 2.47. The predicted octanol–water partition coefficient (Wildman–Crippen LogP) is -1.71. The van der Waals surface area contributed by atoms with Crippen molar-refractivity contribution >= 4 is 75.8 Å². The normalized spacial score (nSPS) is 19.1. The number of carbonyl (C=O) groups is 3. The molecule has 0 saturated carbocycles. The van der Waals surface area contributed by atoms with E-state index < -0.39 is 29.2 Å². The molecule has 2 aromatic rings. The quantitative estimate of drug-likeness (QED) is 0.0632. The minimum absolute atomic E-state index is 0.0307. The van der Waals surface area contributed by atoms with E-state index in [9.17, 15) is 19.5 Å². The van der Waals surface area contributed by atoms with Crippen molar-refractivity contribution in [1.82, 2.24) is 20.2 Å². The number of nitrogens with zero attached hydrogens (tertiary/aromatic N) is 5. The second-order valence-corrected chi connectivity index (χ2v) is 10.7. The van der Waals surface area contributed by atoms with Gasteiger partial charge >= 0.3 is 5.95 Å². The zero-order valence-corrected chi connectivity index (χ0v) is 21.9. The first-order chi connectivity index (χ1) is 17.7. The zero-order valence-electron chi connectivity index (χ0n) is 19.4. The summed E-state index contributed by atoms with van der Waals surface area (Å²) in [6.07, 6.45) is 0.892. The van der Waals surface area contributed by atoms with Gasteiger partial charge in [0.25, 0.3) is 11.8 Å². The zero-order chi connectivity index (χ0) is 26.7. The number of oxime groups is 1. The summed E-state index contributed by atoms with van der Waals surface area (Å²) in [6, 6.07) is 0.742. The van der Waals surface area contributed by atoms with Crippen LogP contribution in [0.1, 0.15) is 12.6 Å². The molecule has 2 aliphatic heterocycles. The molecule has 0 spiro atoms. The molecular formula is C20H23N9O5S3. The fourth-order valence-electron chi connectivity index (χ4n) is 3.67. The number of hydrogen-bond donors (Lipinski definition) is 4. The number of β-lactam (4-membered cyclic amide) rings is 1. The SMILES string of the molecule is CC[n+]1c(N)cc(SCC2=C(C(=O)[O-])N3C(=O)C(NC(=O)/C=N\OCc4csc(N)n4)C3SC2)nc1N. The Bertz CT molecular complexity index is 1270. The van der Waals surface area contributed by atoms with Crippen LogP contribution in [0, 0.1) is 0 Å². The van der Waals surface area contributed by atoms with Gasteiger partial charge in [0.2, 0.25) is 0 Å². The van der Waals surface area contributed by atoms with Crippen LogP contribution < -0.4 is 32.2 Å². The second-order valence-electron chi connectivity index (χ2n) is 7.73. The number of hydrogen-bond acceptors (Lipinski definition) is 14. The van der Waals surface area contributed by atoms with Crippen molar-refractivity contribution in [1.29, 1.82) is 0 Å². The molecular weight excluding hydrogens is 542 g/mol. The fraction of sp³-hybridized carbons (Fsp3) is 0.350. The largest absolute Gasteiger partial charge is 0.543 e. The van der Waals surface area contributed by atoms with E-state index in [0.29, 0.717) is 39.5 Å². The van der Waals surface area contributed by atoms with Crippen LogP contribution in [0.4, 0.5) is 16.9 Å². The molecule has 1 fully saturated rings. The van der Waals surface area contributed by atoms with E-state index in [1.54, 1.807) is 16.0 Å². The third-order valence-corrected chi connectivity index (χ3v) is 8.42. The predicted molar refractivity (Wildman–Crippen MR) is 137 cm³/mol. The van der Waals surface area contributed by atoms with Gasteiger partial charge in [-0.25, -0.2) is 9.55 Å². The monoisotopic (exact) mass is 565 g/mol. The van der Waals surface area contributed by atoms with E-state index in [2.05, 4.69) is 20.4 Å². The minimum Gasteiger partial charge on any atom is -0.543 e. The standard InChI is InChI=1S/C20H23N9O5S3/c1-2-28-11(21)3-13(27-19(28)22)35-6-9-7-36-17-14(16(31)29(17)15(9)18(32)33)26-12(30)4-24-34-5-10-8-37-20(23)25-10/h3-4,8,14,17H,2,5-7H2,1H3,(H7,21,22,23,25,26,27,30,32,33)/b24-4-. The number of anilines is 3. The topological polar surface area (TPSA) is 219 Å². The Kier molecular flexibility index (Phi) is 8.03. The lowest BCUT2D eigenvalue weighted by molar-refractivity contribution is -0.667. The highest BCUT2D eigenvalue weighted by atomic mass is 32.2. The number of nitrogens with one attached hydrogen (secondary N) is 1. The number of carboxylic acid groups (broad SMARTS) is 1. The van der Waals surface area contributed by atoms with Crippen LogP contribution >= 0.6 is 34.9 Å². The summed E-state index contributed by atoms with van der Waals surface area (Å²) in [4.78, 5) is 51.3. The molecule has 0 radical (unpaired) electrons. The Hall–Kier alpha value is -3.57. The van der Waals surface area contributed by atoms with Crippen molar-refractivity contribution in [2.24, 2.45) is 5.16 Å². The highest BCUT2D eigenvalue weighted by Crippen LogP contribution is 2.41. The van der Waals surface area contributed by atoms with E-state index in [1.165, 1.54) is 34.9 Å².